The summed E-state index contributed by atoms with van der Waals surface area (Å²) in [5, 5.41) is 6.57. The summed E-state index contributed by atoms with van der Waals surface area (Å²) in [4.78, 5) is 18.8. The molecule has 3 aromatic rings. The number of piperidine rings is 1. The van der Waals surface area contributed by atoms with Crippen LogP contribution in [0.5, 0.6) is 0 Å². The van der Waals surface area contributed by atoms with Gasteiger partial charge in [0.05, 0.1) is 18.3 Å². The first kappa shape index (κ1) is 19.2. The average Bonchev–Trinajstić information content (AvgIpc) is 3.20. The standard InChI is InChI=1S/C21H20F2N4O2/c22-15-7-5-6-14(12-15)20-25-21(29-26-20)18-10-3-4-11-27(18)13-19(28)24-17-9-2-1-8-16(17)23/h1-2,5-9,12,18H,3-4,10-11,13H2,(H,24,28). The molecule has 4 rings (SSSR count). The molecule has 29 heavy (non-hydrogen) atoms. The van der Waals surface area contributed by atoms with Gasteiger partial charge in [-0.25, -0.2) is 8.78 Å². The third kappa shape index (κ3) is 4.48. The summed E-state index contributed by atoms with van der Waals surface area (Å²) in [7, 11) is 0. The van der Waals surface area contributed by atoms with Gasteiger partial charge >= 0.3 is 0 Å². The van der Waals surface area contributed by atoms with Crippen LogP contribution < -0.4 is 5.32 Å². The SMILES string of the molecule is O=C(CN1CCCCC1c1nc(-c2cccc(F)c2)no1)Nc1ccccc1F. The molecule has 1 aromatic heterocycles. The fourth-order valence-corrected chi connectivity index (χ4v) is 3.51. The highest BCUT2D eigenvalue weighted by atomic mass is 19.1. The van der Waals surface area contributed by atoms with E-state index in [1.165, 1.54) is 24.3 Å². The van der Waals surface area contributed by atoms with E-state index in [0.29, 0.717) is 23.8 Å². The van der Waals surface area contributed by atoms with Crippen LogP contribution >= 0.6 is 0 Å². The number of hydrogen-bond acceptors (Lipinski definition) is 5. The molecule has 1 fully saturated rings. The maximum absolute atomic E-state index is 13.8. The number of carbonyl (C=O) groups is 1. The van der Waals surface area contributed by atoms with Crippen LogP contribution in [0.2, 0.25) is 0 Å². The molecule has 1 atom stereocenters. The van der Waals surface area contributed by atoms with E-state index in [1.807, 2.05) is 4.90 Å². The second kappa shape index (κ2) is 8.48. The van der Waals surface area contributed by atoms with Gasteiger partial charge in [-0.2, -0.15) is 4.98 Å². The number of benzene rings is 2. The summed E-state index contributed by atoms with van der Waals surface area (Å²) in [5.41, 5.74) is 0.678. The number of aromatic nitrogens is 2. The number of carbonyl (C=O) groups excluding carboxylic acids is 1. The molecule has 0 radical (unpaired) electrons. The van der Waals surface area contributed by atoms with E-state index in [-0.39, 0.29) is 30.0 Å². The number of para-hydroxylation sites is 1. The number of likely N-dealkylation sites (tertiary alicyclic amines) is 1. The lowest BCUT2D eigenvalue weighted by molar-refractivity contribution is -0.118. The van der Waals surface area contributed by atoms with Crippen molar-refractivity contribution >= 4 is 11.6 Å². The van der Waals surface area contributed by atoms with Crippen LogP contribution in [0.25, 0.3) is 11.4 Å². The number of amides is 1. The highest BCUT2D eigenvalue weighted by Crippen LogP contribution is 2.31. The summed E-state index contributed by atoms with van der Waals surface area (Å²) < 4.78 is 32.7. The largest absolute Gasteiger partial charge is 0.337 e. The Morgan fingerprint density at radius 2 is 2.03 bits per heavy atom. The topological polar surface area (TPSA) is 71.3 Å². The fourth-order valence-electron chi connectivity index (χ4n) is 3.51. The first-order chi connectivity index (χ1) is 14.1. The molecule has 8 heteroatoms. The molecule has 1 amide bonds. The van der Waals surface area contributed by atoms with Crippen LogP contribution in [0.1, 0.15) is 31.2 Å². The van der Waals surface area contributed by atoms with Crippen LogP contribution in [0.3, 0.4) is 0 Å². The minimum absolute atomic E-state index is 0.0800. The van der Waals surface area contributed by atoms with Crippen molar-refractivity contribution in [2.24, 2.45) is 0 Å². The second-order valence-electron chi connectivity index (χ2n) is 6.98. The van der Waals surface area contributed by atoms with Gasteiger partial charge in [-0.3, -0.25) is 9.69 Å². The van der Waals surface area contributed by atoms with E-state index in [4.69, 9.17) is 4.52 Å². The molecule has 0 saturated carbocycles. The Labute approximate surface area is 166 Å². The Morgan fingerprint density at radius 1 is 1.17 bits per heavy atom. The lowest BCUT2D eigenvalue weighted by atomic mass is 10.0. The zero-order valence-electron chi connectivity index (χ0n) is 15.6. The molecule has 2 aromatic carbocycles. The number of rotatable bonds is 5. The third-order valence-corrected chi connectivity index (χ3v) is 4.92. The Morgan fingerprint density at radius 3 is 2.86 bits per heavy atom. The van der Waals surface area contributed by atoms with E-state index >= 15 is 0 Å². The third-order valence-electron chi connectivity index (χ3n) is 4.92. The maximum atomic E-state index is 13.8. The molecule has 150 valence electrons. The molecular formula is C21H20F2N4O2. The average molecular weight is 398 g/mol. The summed E-state index contributed by atoms with van der Waals surface area (Å²) >= 11 is 0. The van der Waals surface area contributed by atoms with Gasteiger partial charge in [-0.1, -0.05) is 35.8 Å². The van der Waals surface area contributed by atoms with Crippen molar-refractivity contribution in [2.75, 3.05) is 18.4 Å². The molecule has 0 aliphatic carbocycles. The van der Waals surface area contributed by atoms with Gasteiger partial charge in [-0.15, -0.1) is 0 Å². The summed E-state index contributed by atoms with van der Waals surface area (Å²) in [6.07, 6.45) is 2.67. The van der Waals surface area contributed by atoms with E-state index in [0.717, 1.165) is 19.3 Å². The van der Waals surface area contributed by atoms with Crippen molar-refractivity contribution in [3.63, 3.8) is 0 Å². The first-order valence-corrected chi connectivity index (χ1v) is 9.48. The van der Waals surface area contributed by atoms with Crippen molar-refractivity contribution < 1.29 is 18.1 Å². The van der Waals surface area contributed by atoms with E-state index in [9.17, 15) is 13.6 Å². The predicted molar refractivity (Wildman–Crippen MR) is 103 cm³/mol. The molecule has 1 saturated heterocycles. The van der Waals surface area contributed by atoms with E-state index < -0.39 is 5.82 Å². The smallest absolute Gasteiger partial charge is 0.244 e. The van der Waals surface area contributed by atoms with Gasteiger partial charge in [0.25, 0.3) is 0 Å². The van der Waals surface area contributed by atoms with Crippen LogP contribution in [0.15, 0.2) is 53.1 Å². The van der Waals surface area contributed by atoms with Gasteiger partial charge < -0.3 is 9.84 Å². The maximum Gasteiger partial charge on any atom is 0.244 e. The predicted octanol–water partition coefficient (Wildman–Crippen LogP) is 4.18. The van der Waals surface area contributed by atoms with Crippen molar-refractivity contribution in [1.29, 1.82) is 0 Å². The highest BCUT2D eigenvalue weighted by molar-refractivity contribution is 5.92. The number of hydrogen-bond donors (Lipinski definition) is 1. The van der Waals surface area contributed by atoms with Crippen LogP contribution in [0, 0.1) is 11.6 Å². The Hall–Kier alpha value is -3.13. The minimum Gasteiger partial charge on any atom is -0.337 e. The monoisotopic (exact) mass is 398 g/mol. The van der Waals surface area contributed by atoms with Crippen LogP contribution in [-0.2, 0) is 4.79 Å². The molecule has 6 nitrogen and oxygen atoms in total. The van der Waals surface area contributed by atoms with Gasteiger partial charge in [0.15, 0.2) is 0 Å². The molecule has 0 spiro atoms. The van der Waals surface area contributed by atoms with Crippen molar-refractivity contribution in [1.82, 2.24) is 15.0 Å². The Balaban J connectivity index is 1.48. The number of nitrogens with zero attached hydrogens (tertiary/aromatic N) is 3. The summed E-state index contributed by atoms with van der Waals surface area (Å²) in [6.45, 7) is 0.768. The minimum atomic E-state index is -0.479. The zero-order valence-corrected chi connectivity index (χ0v) is 15.6. The van der Waals surface area contributed by atoms with Crippen molar-refractivity contribution in [3.05, 3.63) is 66.1 Å². The molecule has 1 aliphatic rings. The van der Waals surface area contributed by atoms with Gasteiger partial charge in [0.1, 0.15) is 11.6 Å². The summed E-state index contributed by atoms with van der Waals surface area (Å²) in [5.74, 6) is -0.471. The highest BCUT2D eigenvalue weighted by Gasteiger charge is 2.30. The van der Waals surface area contributed by atoms with Crippen LogP contribution in [0.4, 0.5) is 14.5 Å². The fraction of sp³-hybridized carbons (Fsp3) is 0.286. The van der Waals surface area contributed by atoms with Crippen molar-refractivity contribution in [2.45, 2.75) is 25.3 Å². The number of halogens is 2. The number of nitrogens with one attached hydrogen (secondary N) is 1. The lowest BCUT2D eigenvalue weighted by Crippen LogP contribution is -2.39. The molecule has 1 N–H and O–H groups in total. The van der Waals surface area contributed by atoms with Crippen LogP contribution in [-0.4, -0.2) is 34.0 Å². The lowest BCUT2D eigenvalue weighted by Gasteiger charge is -2.32. The van der Waals surface area contributed by atoms with Gasteiger partial charge in [0.2, 0.25) is 17.6 Å². The second-order valence-corrected chi connectivity index (χ2v) is 6.98. The molecular weight excluding hydrogens is 378 g/mol. The normalized spacial score (nSPS) is 17.2. The summed E-state index contributed by atoms with van der Waals surface area (Å²) in [6, 6.07) is 11.8. The van der Waals surface area contributed by atoms with Crippen molar-refractivity contribution in [3.8, 4) is 11.4 Å². The molecule has 0 bridgehead atoms. The quantitative estimate of drug-likeness (QED) is 0.698. The van der Waals surface area contributed by atoms with E-state index in [1.54, 1.807) is 24.3 Å². The molecule has 1 aliphatic heterocycles. The Kier molecular flexibility index (Phi) is 5.62. The van der Waals surface area contributed by atoms with E-state index in [2.05, 4.69) is 15.5 Å². The van der Waals surface area contributed by atoms with Gasteiger partial charge in [0, 0.05) is 5.56 Å². The Bertz CT molecular complexity index is 1010. The van der Waals surface area contributed by atoms with Gasteiger partial charge in [-0.05, 0) is 43.7 Å². The zero-order chi connectivity index (χ0) is 20.2. The first-order valence-electron chi connectivity index (χ1n) is 9.48. The number of anilines is 1. The molecule has 2 heterocycles. The molecule has 1 unspecified atom stereocenters.